The number of aromatic nitrogens is 1. The first-order chi connectivity index (χ1) is 18.4. The number of carbonyl (C=O) groups excluding carboxylic acids is 3. The first kappa shape index (κ1) is 31.0. The molecule has 3 rings (SSSR count). The number of thiazole rings is 1. The van der Waals surface area contributed by atoms with Gasteiger partial charge in [0.05, 0.1) is 32.0 Å². The van der Waals surface area contributed by atoms with Crippen molar-refractivity contribution in [2.75, 3.05) is 0 Å². The topological polar surface area (TPSA) is 91.8 Å². The van der Waals surface area contributed by atoms with Gasteiger partial charge in [-0.15, -0.1) is 11.3 Å². The van der Waals surface area contributed by atoms with E-state index in [9.17, 15) is 14.4 Å². The van der Waals surface area contributed by atoms with Crippen molar-refractivity contribution in [2.24, 2.45) is 16.2 Å². The molecule has 0 aliphatic heterocycles. The second kappa shape index (κ2) is 11.5. The summed E-state index contributed by atoms with van der Waals surface area (Å²) in [7, 11) is 0. The highest BCUT2D eigenvalue weighted by molar-refractivity contribution is 7.19. The van der Waals surface area contributed by atoms with Gasteiger partial charge in [-0.2, -0.15) is 0 Å². The predicted octanol–water partition coefficient (Wildman–Crippen LogP) is 7.85. The Bertz CT molecular complexity index is 1430. The van der Waals surface area contributed by atoms with Gasteiger partial charge in [0, 0.05) is 12.1 Å². The maximum Gasteiger partial charge on any atom is 0.316 e. The van der Waals surface area contributed by atoms with Crippen LogP contribution < -0.4 is 9.47 Å². The number of carbonyl (C=O) groups is 3. The minimum atomic E-state index is -0.818. The fourth-order valence-electron chi connectivity index (χ4n) is 3.24. The third kappa shape index (κ3) is 7.56. The molecule has 8 heteroatoms. The molecule has 0 atom stereocenters. The van der Waals surface area contributed by atoms with Crippen molar-refractivity contribution in [3.05, 3.63) is 52.5 Å². The molecule has 0 N–H and O–H groups in total. The summed E-state index contributed by atoms with van der Waals surface area (Å²) in [4.78, 5) is 43.6. The van der Waals surface area contributed by atoms with Gasteiger partial charge in [-0.1, -0.05) is 19.1 Å². The quantitative estimate of drug-likeness (QED) is 0.171. The van der Waals surface area contributed by atoms with Crippen molar-refractivity contribution < 1.29 is 28.6 Å². The lowest BCUT2D eigenvalue weighted by atomic mass is 9.96. The fourth-order valence-corrected chi connectivity index (χ4v) is 4.14. The molecule has 0 amide bonds. The van der Waals surface area contributed by atoms with Crippen molar-refractivity contribution in [1.29, 1.82) is 0 Å². The Balaban J connectivity index is 2.27. The van der Waals surface area contributed by atoms with E-state index in [2.05, 4.69) is 4.98 Å². The van der Waals surface area contributed by atoms with Crippen molar-refractivity contribution in [3.63, 3.8) is 0 Å². The van der Waals surface area contributed by atoms with Crippen LogP contribution in [0.4, 0.5) is 0 Å². The molecule has 0 saturated carbocycles. The van der Waals surface area contributed by atoms with Crippen molar-refractivity contribution in [3.8, 4) is 11.5 Å². The largest absolute Gasteiger partial charge is 0.426 e. The summed E-state index contributed by atoms with van der Waals surface area (Å²) in [5.41, 5.74) is -0.482. The molecule has 0 aliphatic carbocycles. The van der Waals surface area contributed by atoms with E-state index in [0.717, 1.165) is 10.2 Å². The molecule has 0 fully saturated rings. The average Bonchev–Trinajstić information content (AvgIpc) is 3.24. The number of hydrogen-bond donors (Lipinski definition) is 0. The highest BCUT2D eigenvalue weighted by Crippen LogP contribution is 2.39. The van der Waals surface area contributed by atoms with Crippen molar-refractivity contribution in [2.45, 2.75) is 75.7 Å². The number of ether oxygens (including phenoxy) is 3. The molecule has 3 aromatic rings. The number of para-hydroxylation sites is 1. The number of nitrogens with zero attached hydrogens (tertiary/aromatic N) is 1. The first-order valence-electron chi connectivity index (χ1n) is 13.3. The minimum Gasteiger partial charge on any atom is -0.426 e. The number of esters is 3. The summed E-state index contributed by atoms with van der Waals surface area (Å²) in [6, 6.07) is 11.0. The number of rotatable bonds is 6. The molecule has 1 heterocycles. The maximum absolute atomic E-state index is 13.1. The summed E-state index contributed by atoms with van der Waals surface area (Å²) in [5.74, 6) is -0.805. The Morgan fingerprint density at radius 1 is 0.800 bits per heavy atom. The van der Waals surface area contributed by atoms with Crippen LogP contribution in [-0.4, -0.2) is 22.9 Å². The molecule has 2 aromatic carbocycles. The minimum absolute atomic E-state index is 0.114. The van der Waals surface area contributed by atoms with E-state index >= 15 is 0 Å². The van der Waals surface area contributed by atoms with Crippen LogP contribution in [-0.2, 0) is 25.5 Å². The molecule has 7 nitrogen and oxygen atoms in total. The Morgan fingerprint density at radius 3 is 1.88 bits per heavy atom. The molecule has 0 bridgehead atoms. The van der Waals surface area contributed by atoms with E-state index in [0.29, 0.717) is 22.6 Å². The zero-order chi connectivity index (χ0) is 30.0. The molecule has 0 aliphatic rings. The van der Waals surface area contributed by atoms with Crippen LogP contribution in [0.25, 0.3) is 22.1 Å². The highest BCUT2D eigenvalue weighted by atomic mass is 32.1. The highest BCUT2D eigenvalue weighted by Gasteiger charge is 2.31. The van der Waals surface area contributed by atoms with E-state index in [1.54, 1.807) is 74.5 Å². The lowest BCUT2D eigenvalue weighted by molar-refractivity contribution is -0.145. The molecule has 0 spiro atoms. The Labute approximate surface area is 240 Å². The number of hydrogen-bond acceptors (Lipinski definition) is 8. The molecule has 0 unspecified atom stereocenters. The van der Waals surface area contributed by atoms with Crippen molar-refractivity contribution in [1.82, 2.24) is 4.98 Å². The van der Waals surface area contributed by atoms with E-state index in [4.69, 9.17) is 14.2 Å². The summed E-state index contributed by atoms with van der Waals surface area (Å²) < 4.78 is 18.6. The van der Waals surface area contributed by atoms with Crippen LogP contribution in [0.2, 0.25) is 0 Å². The van der Waals surface area contributed by atoms with Gasteiger partial charge in [0.1, 0.15) is 22.3 Å². The Hall–Kier alpha value is -3.52. The molecule has 1 aromatic heterocycles. The standard InChI is InChI=1S/C32H39NO6S/c1-11-19-16-20(23(38-28(35)31(5,6)7)17-22(19)37-27(34)30(2,3)4)24(39-29(36)32(8,9)10)18-26-33-21-14-12-13-15-25(21)40-26/h12-18H,11H2,1-10H3/b24-18-. The first-order valence-corrected chi connectivity index (χ1v) is 14.1. The second-order valence-electron chi connectivity index (χ2n) is 12.8. The predicted molar refractivity (Wildman–Crippen MR) is 159 cm³/mol. The van der Waals surface area contributed by atoms with Crippen LogP contribution in [0.5, 0.6) is 11.5 Å². The zero-order valence-electron chi connectivity index (χ0n) is 25.1. The zero-order valence-corrected chi connectivity index (χ0v) is 25.9. The smallest absolute Gasteiger partial charge is 0.316 e. The maximum atomic E-state index is 13.1. The van der Waals surface area contributed by atoms with E-state index in [1.807, 2.05) is 31.2 Å². The molecule has 0 radical (unpaired) electrons. The van der Waals surface area contributed by atoms with Gasteiger partial charge in [0.2, 0.25) is 0 Å². The molecular weight excluding hydrogens is 526 g/mol. The monoisotopic (exact) mass is 565 g/mol. The van der Waals surface area contributed by atoms with Crippen LogP contribution in [0.15, 0.2) is 36.4 Å². The number of benzene rings is 2. The van der Waals surface area contributed by atoms with E-state index < -0.39 is 34.2 Å². The lowest BCUT2D eigenvalue weighted by Gasteiger charge is -2.23. The van der Waals surface area contributed by atoms with Crippen molar-refractivity contribution >= 4 is 51.3 Å². The van der Waals surface area contributed by atoms with Gasteiger partial charge in [-0.3, -0.25) is 14.4 Å². The summed E-state index contributed by atoms with van der Waals surface area (Å²) in [6.07, 6.45) is 2.19. The molecule has 0 saturated heterocycles. The van der Waals surface area contributed by atoms with Crippen LogP contribution in [0.1, 0.15) is 85.4 Å². The van der Waals surface area contributed by atoms with Crippen LogP contribution >= 0.6 is 11.3 Å². The van der Waals surface area contributed by atoms with Gasteiger partial charge < -0.3 is 14.2 Å². The number of aryl methyl sites for hydroxylation is 1. The number of fused-ring (bicyclic) bond motifs is 1. The normalized spacial score (nSPS) is 12.8. The van der Waals surface area contributed by atoms with Gasteiger partial charge >= 0.3 is 17.9 Å². The van der Waals surface area contributed by atoms with E-state index in [1.165, 1.54) is 17.4 Å². The fraction of sp³-hybridized carbons (Fsp3) is 0.438. The SMILES string of the molecule is CCc1cc(/C(=C/c2nc3ccccc3s2)OC(=O)C(C)(C)C)c(OC(=O)C(C)(C)C)cc1OC(=O)C(C)(C)C. The van der Waals surface area contributed by atoms with Crippen LogP contribution in [0, 0.1) is 16.2 Å². The third-order valence-electron chi connectivity index (χ3n) is 5.82. The lowest BCUT2D eigenvalue weighted by Crippen LogP contribution is -2.27. The molecular formula is C32H39NO6S. The van der Waals surface area contributed by atoms with Crippen LogP contribution in [0.3, 0.4) is 0 Å². The summed E-state index contributed by atoms with van der Waals surface area (Å²) >= 11 is 1.45. The summed E-state index contributed by atoms with van der Waals surface area (Å²) in [6.45, 7) is 17.7. The van der Waals surface area contributed by atoms with Gasteiger partial charge in [0.15, 0.2) is 0 Å². The second-order valence-corrected chi connectivity index (χ2v) is 13.8. The Morgan fingerprint density at radius 2 is 1.35 bits per heavy atom. The van der Waals surface area contributed by atoms with Gasteiger partial charge in [-0.05, 0) is 92.5 Å². The van der Waals surface area contributed by atoms with Gasteiger partial charge in [-0.25, -0.2) is 4.98 Å². The third-order valence-corrected chi connectivity index (χ3v) is 6.80. The van der Waals surface area contributed by atoms with E-state index in [-0.39, 0.29) is 17.3 Å². The Kier molecular flexibility index (Phi) is 8.94. The molecule has 40 heavy (non-hydrogen) atoms. The average molecular weight is 566 g/mol. The van der Waals surface area contributed by atoms with Gasteiger partial charge in [0.25, 0.3) is 0 Å². The molecule has 214 valence electrons. The summed E-state index contributed by atoms with van der Waals surface area (Å²) in [5, 5.41) is 0.618.